The van der Waals surface area contributed by atoms with Crippen LogP contribution in [0.4, 0.5) is 0 Å². The highest BCUT2D eigenvalue weighted by Gasteiger charge is 2.34. The van der Waals surface area contributed by atoms with Gasteiger partial charge in [-0.1, -0.05) is 24.9 Å². The van der Waals surface area contributed by atoms with Crippen molar-refractivity contribution < 1.29 is 0 Å². The van der Waals surface area contributed by atoms with Crippen molar-refractivity contribution in [2.24, 2.45) is 5.41 Å². The van der Waals surface area contributed by atoms with E-state index in [-0.39, 0.29) is 0 Å². The Morgan fingerprint density at radius 3 is 2.80 bits per heavy atom. The second-order valence-corrected chi connectivity index (χ2v) is 5.97. The second kappa shape index (κ2) is 4.86. The largest absolute Gasteiger partial charge is 0.311 e. The third-order valence-corrected chi connectivity index (χ3v) is 4.87. The molecule has 1 aromatic heterocycles. The molecule has 1 aliphatic carbocycles. The minimum atomic E-state index is 0.612. The van der Waals surface area contributed by atoms with Crippen LogP contribution in [0.15, 0.2) is 11.4 Å². The monoisotopic (exact) mass is 243 g/mol. The van der Waals surface area contributed by atoms with Gasteiger partial charge in [-0.05, 0) is 30.7 Å². The SMILES string of the molecule is CCC1(CNCc2cc(Cl)cs2)CCC1. The molecule has 84 valence electrons. The van der Waals surface area contributed by atoms with E-state index in [1.54, 1.807) is 11.3 Å². The number of hydrogen-bond acceptors (Lipinski definition) is 2. The molecule has 1 fully saturated rings. The first-order valence-electron chi connectivity index (χ1n) is 5.68. The van der Waals surface area contributed by atoms with Crippen molar-refractivity contribution in [2.75, 3.05) is 6.54 Å². The molecule has 1 N–H and O–H groups in total. The highest BCUT2D eigenvalue weighted by Crippen LogP contribution is 2.43. The number of rotatable bonds is 5. The van der Waals surface area contributed by atoms with Crippen LogP contribution >= 0.6 is 22.9 Å². The minimum absolute atomic E-state index is 0.612. The molecule has 1 heterocycles. The molecular weight excluding hydrogens is 226 g/mol. The van der Waals surface area contributed by atoms with E-state index in [1.807, 2.05) is 5.38 Å². The Hall–Kier alpha value is -0.0500. The maximum absolute atomic E-state index is 5.88. The molecule has 1 nitrogen and oxygen atoms in total. The van der Waals surface area contributed by atoms with Gasteiger partial charge in [-0.25, -0.2) is 0 Å². The van der Waals surface area contributed by atoms with Crippen molar-refractivity contribution in [3.8, 4) is 0 Å². The zero-order valence-electron chi connectivity index (χ0n) is 9.18. The molecule has 0 unspecified atom stereocenters. The van der Waals surface area contributed by atoms with Crippen LogP contribution < -0.4 is 5.32 Å². The molecule has 0 aliphatic heterocycles. The number of thiophene rings is 1. The maximum Gasteiger partial charge on any atom is 0.0516 e. The van der Waals surface area contributed by atoms with Crippen LogP contribution in [0.25, 0.3) is 0 Å². The molecule has 0 saturated heterocycles. The van der Waals surface area contributed by atoms with Gasteiger partial charge in [0.2, 0.25) is 0 Å². The summed E-state index contributed by atoms with van der Waals surface area (Å²) in [5.41, 5.74) is 0.612. The van der Waals surface area contributed by atoms with Crippen LogP contribution in [0.5, 0.6) is 0 Å². The lowest BCUT2D eigenvalue weighted by atomic mass is 9.67. The van der Waals surface area contributed by atoms with Crippen LogP contribution in [0, 0.1) is 5.41 Å². The van der Waals surface area contributed by atoms with Gasteiger partial charge in [0.05, 0.1) is 5.02 Å². The topological polar surface area (TPSA) is 12.0 Å². The smallest absolute Gasteiger partial charge is 0.0516 e. The number of halogens is 1. The maximum atomic E-state index is 5.88. The Labute approximate surface area is 101 Å². The van der Waals surface area contributed by atoms with Crippen LogP contribution in [0.1, 0.15) is 37.5 Å². The van der Waals surface area contributed by atoms with Gasteiger partial charge >= 0.3 is 0 Å². The Bertz CT molecular complexity index is 312. The van der Waals surface area contributed by atoms with Crippen molar-refractivity contribution in [3.05, 3.63) is 21.3 Å². The molecule has 0 atom stereocenters. The van der Waals surface area contributed by atoms with Crippen molar-refractivity contribution >= 4 is 22.9 Å². The van der Waals surface area contributed by atoms with Crippen LogP contribution in [-0.2, 0) is 6.54 Å². The fourth-order valence-electron chi connectivity index (χ4n) is 2.23. The summed E-state index contributed by atoms with van der Waals surface area (Å²) in [6, 6.07) is 2.05. The van der Waals surface area contributed by atoms with Gasteiger partial charge in [-0.3, -0.25) is 0 Å². The predicted molar refractivity (Wildman–Crippen MR) is 67.6 cm³/mol. The van der Waals surface area contributed by atoms with Gasteiger partial charge in [0, 0.05) is 23.3 Å². The van der Waals surface area contributed by atoms with E-state index in [4.69, 9.17) is 11.6 Å². The average molecular weight is 244 g/mol. The first kappa shape index (κ1) is 11.4. The van der Waals surface area contributed by atoms with Crippen molar-refractivity contribution in [1.82, 2.24) is 5.32 Å². The van der Waals surface area contributed by atoms with E-state index in [0.29, 0.717) is 5.41 Å². The third kappa shape index (κ3) is 2.74. The van der Waals surface area contributed by atoms with Crippen LogP contribution in [0.3, 0.4) is 0 Å². The summed E-state index contributed by atoms with van der Waals surface area (Å²) < 4.78 is 0. The van der Waals surface area contributed by atoms with Gasteiger partial charge in [-0.2, -0.15) is 0 Å². The first-order valence-corrected chi connectivity index (χ1v) is 6.93. The Morgan fingerprint density at radius 1 is 1.53 bits per heavy atom. The fourth-order valence-corrected chi connectivity index (χ4v) is 3.27. The zero-order chi connectivity index (χ0) is 10.7. The Morgan fingerprint density at radius 2 is 2.33 bits per heavy atom. The van der Waals surface area contributed by atoms with Gasteiger partial charge in [0.15, 0.2) is 0 Å². The fraction of sp³-hybridized carbons (Fsp3) is 0.667. The standard InChI is InChI=1S/C12H18ClNS/c1-2-12(4-3-5-12)9-14-7-11-6-10(13)8-15-11/h6,8,14H,2-5,7,9H2,1H3. The molecule has 0 amide bonds. The molecule has 1 aliphatic rings. The summed E-state index contributed by atoms with van der Waals surface area (Å²) in [6.07, 6.45) is 5.54. The zero-order valence-corrected chi connectivity index (χ0v) is 10.8. The van der Waals surface area contributed by atoms with E-state index in [2.05, 4.69) is 18.3 Å². The molecule has 15 heavy (non-hydrogen) atoms. The summed E-state index contributed by atoms with van der Waals surface area (Å²) in [4.78, 5) is 1.34. The van der Waals surface area contributed by atoms with E-state index in [0.717, 1.165) is 11.6 Å². The van der Waals surface area contributed by atoms with E-state index in [1.165, 1.54) is 37.1 Å². The number of hydrogen-bond donors (Lipinski definition) is 1. The van der Waals surface area contributed by atoms with Crippen molar-refractivity contribution in [2.45, 2.75) is 39.2 Å². The Balaban J connectivity index is 1.74. The summed E-state index contributed by atoms with van der Waals surface area (Å²) in [5, 5.41) is 6.42. The summed E-state index contributed by atoms with van der Waals surface area (Å²) >= 11 is 7.62. The summed E-state index contributed by atoms with van der Waals surface area (Å²) in [7, 11) is 0. The molecule has 3 heteroatoms. The highest BCUT2D eigenvalue weighted by molar-refractivity contribution is 7.10. The van der Waals surface area contributed by atoms with Gasteiger partial charge < -0.3 is 5.32 Å². The molecule has 0 aromatic carbocycles. The molecule has 1 aromatic rings. The molecular formula is C12H18ClNS. The van der Waals surface area contributed by atoms with Gasteiger partial charge in [0.1, 0.15) is 0 Å². The van der Waals surface area contributed by atoms with Crippen molar-refractivity contribution in [1.29, 1.82) is 0 Å². The van der Waals surface area contributed by atoms with Gasteiger partial charge in [0.25, 0.3) is 0 Å². The third-order valence-electron chi connectivity index (χ3n) is 3.59. The number of nitrogens with one attached hydrogen (secondary N) is 1. The van der Waals surface area contributed by atoms with Crippen LogP contribution in [-0.4, -0.2) is 6.54 Å². The second-order valence-electron chi connectivity index (χ2n) is 4.54. The van der Waals surface area contributed by atoms with E-state index in [9.17, 15) is 0 Å². The molecule has 2 rings (SSSR count). The first-order chi connectivity index (χ1) is 7.24. The molecule has 0 spiro atoms. The lowest BCUT2D eigenvalue weighted by Gasteiger charge is -2.41. The molecule has 1 saturated carbocycles. The summed E-state index contributed by atoms with van der Waals surface area (Å²) in [6.45, 7) is 4.45. The van der Waals surface area contributed by atoms with Crippen molar-refractivity contribution in [3.63, 3.8) is 0 Å². The Kier molecular flexibility index (Phi) is 3.70. The summed E-state index contributed by atoms with van der Waals surface area (Å²) in [5.74, 6) is 0. The highest BCUT2D eigenvalue weighted by atomic mass is 35.5. The normalized spacial score (nSPS) is 18.8. The van der Waals surface area contributed by atoms with Crippen LogP contribution in [0.2, 0.25) is 5.02 Å². The van der Waals surface area contributed by atoms with E-state index < -0.39 is 0 Å². The lowest BCUT2D eigenvalue weighted by molar-refractivity contribution is 0.124. The lowest BCUT2D eigenvalue weighted by Crippen LogP contribution is -2.39. The van der Waals surface area contributed by atoms with Gasteiger partial charge in [-0.15, -0.1) is 11.3 Å². The quantitative estimate of drug-likeness (QED) is 0.822. The minimum Gasteiger partial charge on any atom is -0.311 e. The van der Waals surface area contributed by atoms with E-state index >= 15 is 0 Å². The predicted octanol–water partition coefficient (Wildman–Crippen LogP) is 4.07. The molecule has 0 bridgehead atoms. The average Bonchev–Trinajstić information content (AvgIpc) is 2.56. The molecule has 0 radical (unpaired) electrons.